The van der Waals surface area contributed by atoms with E-state index in [1.54, 1.807) is 0 Å². The van der Waals surface area contributed by atoms with Crippen molar-refractivity contribution in [3.8, 4) is 0 Å². The minimum atomic E-state index is -1.05. The molecule has 1 saturated carbocycles. The molecule has 2 fully saturated rings. The maximum atomic E-state index is 13.6. The molecule has 0 radical (unpaired) electrons. The summed E-state index contributed by atoms with van der Waals surface area (Å²) in [7, 11) is 0. The first-order valence-corrected chi connectivity index (χ1v) is 12.7. The van der Waals surface area contributed by atoms with Gasteiger partial charge in [0, 0.05) is 31.4 Å². The fraction of sp³-hybridized carbons (Fsp3) is 0.462. The molecule has 2 aromatic rings. The summed E-state index contributed by atoms with van der Waals surface area (Å²) in [5.74, 6) is -1.75. The predicted octanol–water partition coefficient (Wildman–Crippen LogP) is 0.904. The quantitative estimate of drug-likeness (QED) is 0.415. The van der Waals surface area contributed by atoms with Crippen molar-refractivity contribution in [2.75, 3.05) is 6.54 Å². The summed E-state index contributed by atoms with van der Waals surface area (Å²) in [6.45, 7) is 0.224. The van der Waals surface area contributed by atoms with Crippen LogP contribution in [0.3, 0.4) is 0 Å². The van der Waals surface area contributed by atoms with Gasteiger partial charge in [-0.25, -0.2) is 9.78 Å². The van der Waals surface area contributed by atoms with E-state index in [1.165, 1.54) is 23.5 Å². The summed E-state index contributed by atoms with van der Waals surface area (Å²) in [5.41, 5.74) is 6.52. The second kappa shape index (κ2) is 12.3. The smallest absolute Gasteiger partial charge is 0.315 e. The number of primary amides is 1. The second-order valence-electron chi connectivity index (χ2n) is 9.54. The van der Waals surface area contributed by atoms with Gasteiger partial charge in [-0.2, -0.15) is 0 Å². The molecule has 1 aromatic carbocycles. The minimum Gasteiger partial charge on any atom is -0.368 e. The summed E-state index contributed by atoms with van der Waals surface area (Å²) in [6.07, 6.45) is 9.86. The van der Waals surface area contributed by atoms with E-state index < -0.39 is 35.8 Å². The molecule has 4 rings (SSSR count). The number of amides is 5. The number of rotatable bonds is 8. The number of nitrogens with two attached hydrogens (primary N) is 1. The standard InChI is InChI=1S/C26H33N7O4/c27-23(34)20(15-17-7-3-1-4-8-17)31-24(35)22-19(32-26(37)30-18-9-5-2-6-10-18)11-14-33(22)25(36)21-16-28-12-13-29-21/h1,3-4,7-8,12-13,16,18-20,22H,2,5-6,9-11,14-15H2,(H2,27,34)(H,31,35)(H2,30,32,37). The third-order valence-corrected chi connectivity index (χ3v) is 6.91. The Kier molecular flexibility index (Phi) is 8.65. The zero-order valence-electron chi connectivity index (χ0n) is 20.6. The van der Waals surface area contributed by atoms with Crippen molar-refractivity contribution in [1.29, 1.82) is 0 Å². The normalized spacial score (nSPS) is 20.6. The third-order valence-electron chi connectivity index (χ3n) is 6.91. The largest absolute Gasteiger partial charge is 0.368 e. The molecule has 3 unspecified atom stereocenters. The molecule has 2 aliphatic rings. The maximum Gasteiger partial charge on any atom is 0.315 e. The summed E-state index contributed by atoms with van der Waals surface area (Å²) >= 11 is 0. The lowest BCUT2D eigenvalue weighted by atomic mass is 9.96. The average molecular weight is 508 g/mol. The molecule has 0 bridgehead atoms. The number of benzene rings is 1. The Morgan fingerprint density at radius 3 is 2.43 bits per heavy atom. The summed E-state index contributed by atoms with van der Waals surface area (Å²) in [5, 5.41) is 8.59. The number of likely N-dealkylation sites (tertiary alicyclic amines) is 1. The van der Waals surface area contributed by atoms with Gasteiger partial charge in [-0.3, -0.25) is 19.4 Å². The topological polar surface area (TPSA) is 159 Å². The summed E-state index contributed by atoms with van der Waals surface area (Å²) in [6, 6.07) is 6.20. The lowest BCUT2D eigenvalue weighted by Gasteiger charge is -2.30. The molecule has 3 atom stereocenters. The van der Waals surface area contributed by atoms with E-state index in [-0.39, 0.29) is 30.7 Å². The molecule has 5 N–H and O–H groups in total. The Morgan fingerprint density at radius 2 is 1.76 bits per heavy atom. The molecule has 1 saturated heterocycles. The monoisotopic (exact) mass is 507 g/mol. The van der Waals surface area contributed by atoms with E-state index >= 15 is 0 Å². The van der Waals surface area contributed by atoms with Gasteiger partial charge in [0.05, 0.1) is 12.2 Å². The summed E-state index contributed by atoms with van der Waals surface area (Å²) in [4.78, 5) is 61.2. The number of urea groups is 1. The van der Waals surface area contributed by atoms with Crippen LogP contribution in [0.15, 0.2) is 48.9 Å². The highest BCUT2D eigenvalue weighted by Crippen LogP contribution is 2.22. The van der Waals surface area contributed by atoms with Crippen molar-refractivity contribution in [3.05, 3.63) is 60.2 Å². The Hall–Kier alpha value is -4.02. The van der Waals surface area contributed by atoms with Gasteiger partial charge in [0.1, 0.15) is 17.8 Å². The van der Waals surface area contributed by atoms with Crippen LogP contribution in [0.1, 0.15) is 54.6 Å². The van der Waals surface area contributed by atoms with Crippen LogP contribution in [-0.2, 0) is 16.0 Å². The first-order valence-electron chi connectivity index (χ1n) is 12.7. The number of hydrogen-bond acceptors (Lipinski definition) is 6. The number of carbonyl (C=O) groups is 4. The molecule has 196 valence electrons. The Labute approximate surface area is 215 Å². The van der Waals surface area contributed by atoms with Gasteiger partial charge in [0.25, 0.3) is 5.91 Å². The fourth-order valence-corrected chi connectivity index (χ4v) is 5.02. The van der Waals surface area contributed by atoms with Crippen LogP contribution < -0.4 is 21.7 Å². The van der Waals surface area contributed by atoms with E-state index in [0.29, 0.717) is 6.42 Å². The van der Waals surface area contributed by atoms with E-state index in [4.69, 9.17) is 5.73 Å². The van der Waals surface area contributed by atoms with Gasteiger partial charge >= 0.3 is 6.03 Å². The average Bonchev–Trinajstić information content (AvgIpc) is 3.32. The van der Waals surface area contributed by atoms with E-state index in [9.17, 15) is 19.2 Å². The van der Waals surface area contributed by atoms with Crippen LogP contribution in [-0.4, -0.2) is 69.3 Å². The highest BCUT2D eigenvalue weighted by Gasteiger charge is 2.44. The number of nitrogens with zero attached hydrogens (tertiary/aromatic N) is 3. The van der Waals surface area contributed by atoms with E-state index in [0.717, 1.165) is 37.7 Å². The van der Waals surface area contributed by atoms with E-state index in [2.05, 4.69) is 25.9 Å². The van der Waals surface area contributed by atoms with E-state index in [1.807, 2.05) is 30.3 Å². The third kappa shape index (κ3) is 6.81. The molecule has 11 heteroatoms. The summed E-state index contributed by atoms with van der Waals surface area (Å²) < 4.78 is 0. The highest BCUT2D eigenvalue weighted by molar-refractivity contribution is 5.98. The first kappa shape index (κ1) is 26.1. The van der Waals surface area contributed by atoms with Gasteiger partial charge in [0.2, 0.25) is 11.8 Å². The predicted molar refractivity (Wildman–Crippen MR) is 135 cm³/mol. The second-order valence-corrected chi connectivity index (χ2v) is 9.54. The van der Waals surface area contributed by atoms with Crippen LogP contribution in [0.2, 0.25) is 0 Å². The first-order chi connectivity index (χ1) is 17.9. The Bertz CT molecular complexity index is 1090. The highest BCUT2D eigenvalue weighted by atomic mass is 16.2. The van der Waals surface area contributed by atoms with Crippen LogP contribution >= 0.6 is 0 Å². The molecule has 5 amide bonds. The molecule has 11 nitrogen and oxygen atoms in total. The SMILES string of the molecule is NC(=O)C(Cc1ccccc1)NC(=O)C1C(NC(=O)NC2CCCCC2)CCN1C(=O)c1cnccn1. The van der Waals surface area contributed by atoms with Crippen molar-refractivity contribution in [2.45, 2.75) is 69.1 Å². The fourth-order valence-electron chi connectivity index (χ4n) is 5.02. The molecule has 1 aliphatic heterocycles. The molecule has 0 spiro atoms. The molecule has 37 heavy (non-hydrogen) atoms. The van der Waals surface area contributed by atoms with Crippen LogP contribution in [0.25, 0.3) is 0 Å². The number of aromatic nitrogens is 2. The van der Waals surface area contributed by atoms with Crippen molar-refractivity contribution >= 4 is 23.8 Å². The van der Waals surface area contributed by atoms with Gasteiger partial charge in [-0.1, -0.05) is 49.6 Å². The maximum absolute atomic E-state index is 13.6. The number of carbonyl (C=O) groups excluding carboxylic acids is 4. The van der Waals surface area contributed by atoms with Gasteiger partial charge in [-0.05, 0) is 24.8 Å². The number of hydrogen-bond donors (Lipinski definition) is 4. The van der Waals surface area contributed by atoms with Crippen LogP contribution in [0.5, 0.6) is 0 Å². The van der Waals surface area contributed by atoms with Gasteiger partial charge in [-0.15, -0.1) is 0 Å². The molecule has 1 aliphatic carbocycles. The molecular formula is C26H33N7O4. The number of nitrogens with one attached hydrogen (secondary N) is 3. The van der Waals surface area contributed by atoms with Crippen molar-refractivity contribution in [3.63, 3.8) is 0 Å². The van der Waals surface area contributed by atoms with Crippen LogP contribution in [0.4, 0.5) is 4.79 Å². The minimum absolute atomic E-state index is 0.0864. The van der Waals surface area contributed by atoms with Crippen LogP contribution in [0, 0.1) is 0 Å². The van der Waals surface area contributed by atoms with Gasteiger partial charge < -0.3 is 26.6 Å². The molecular weight excluding hydrogens is 474 g/mol. The Morgan fingerprint density at radius 1 is 1.00 bits per heavy atom. The lowest BCUT2D eigenvalue weighted by Crippen LogP contribution is -2.59. The zero-order chi connectivity index (χ0) is 26.2. The molecule has 1 aromatic heterocycles. The molecule has 2 heterocycles. The lowest BCUT2D eigenvalue weighted by molar-refractivity contribution is -0.130. The van der Waals surface area contributed by atoms with Crippen molar-refractivity contribution in [2.24, 2.45) is 5.73 Å². The van der Waals surface area contributed by atoms with Crippen molar-refractivity contribution < 1.29 is 19.2 Å². The zero-order valence-corrected chi connectivity index (χ0v) is 20.6. The Balaban J connectivity index is 1.51. The van der Waals surface area contributed by atoms with Crippen molar-refractivity contribution in [1.82, 2.24) is 30.8 Å². The van der Waals surface area contributed by atoms with Gasteiger partial charge in [0.15, 0.2) is 0 Å².